The lowest BCUT2D eigenvalue weighted by Gasteiger charge is -2.17. The van der Waals surface area contributed by atoms with Gasteiger partial charge >= 0.3 is 0 Å². The molecule has 0 atom stereocenters. The molecule has 0 unspecified atom stereocenters. The zero-order chi connectivity index (χ0) is 24.2. The van der Waals surface area contributed by atoms with Gasteiger partial charge in [0.25, 0.3) is 11.5 Å². The molecule has 1 amide bonds. The molecule has 0 bridgehead atoms. The fraction of sp³-hybridized carbons (Fsp3) is 0.111. The minimum Gasteiger partial charge on any atom is -0.341 e. The first-order valence-corrected chi connectivity index (χ1v) is 11.1. The Kier molecular flexibility index (Phi) is 4.54. The quantitative estimate of drug-likeness (QED) is 0.415. The van der Waals surface area contributed by atoms with Gasteiger partial charge < -0.3 is 10.3 Å². The lowest BCUT2D eigenvalue weighted by atomic mass is 10.0. The maximum Gasteiger partial charge on any atom is 0.275 e. The first-order chi connectivity index (χ1) is 17.0. The van der Waals surface area contributed by atoms with Crippen LogP contribution in [0.4, 0.5) is 4.39 Å². The van der Waals surface area contributed by atoms with Crippen molar-refractivity contribution in [2.75, 3.05) is 0 Å². The Morgan fingerprint density at radius 1 is 1.09 bits per heavy atom. The van der Waals surface area contributed by atoms with Crippen LogP contribution in [-0.4, -0.2) is 20.5 Å². The van der Waals surface area contributed by atoms with E-state index >= 15 is 0 Å². The summed E-state index contributed by atoms with van der Waals surface area (Å²) < 4.78 is 14.6. The summed E-state index contributed by atoms with van der Waals surface area (Å²) in [6, 6.07) is 21.6. The number of carbonyl (C=O) groups is 1. The van der Waals surface area contributed by atoms with E-state index in [1.54, 1.807) is 18.3 Å². The third-order valence-electron chi connectivity index (χ3n) is 6.51. The van der Waals surface area contributed by atoms with Gasteiger partial charge in [-0.15, -0.1) is 0 Å². The summed E-state index contributed by atoms with van der Waals surface area (Å²) in [6.07, 6.45) is 2.98. The van der Waals surface area contributed by atoms with E-state index in [0.717, 1.165) is 21.9 Å². The molecule has 0 radical (unpaired) electrons. The number of hydrogen-bond donors (Lipinski definition) is 2. The highest BCUT2D eigenvalue weighted by Crippen LogP contribution is 2.45. The second kappa shape index (κ2) is 7.64. The zero-order valence-corrected chi connectivity index (χ0v) is 18.4. The lowest BCUT2D eigenvalue weighted by molar-refractivity contribution is 0.0925. The normalized spacial score (nSPS) is 14.1. The predicted molar refractivity (Wildman–Crippen MR) is 128 cm³/mol. The number of H-pyrrole nitrogens is 1. The highest BCUT2D eigenvalue weighted by molar-refractivity contribution is 5.98. The van der Waals surface area contributed by atoms with Gasteiger partial charge in [-0.25, -0.2) is 8.91 Å². The van der Waals surface area contributed by atoms with Gasteiger partial charge in [-0.1, -0.05) is 48.5 Å². The van der Waals surface area contributed by atoms with Crippen molar-refractivity contribution in [3.8, 4) is 17.3 Å². The van der Waals surface area contributed by atoms with Crippen molar-refractivity contribution in [3.63, 3.8) is 0 Å². The number of rotatable bonds is 4. The van der Waals surface area contributed by atoms with Gasteiger partial charge in [-0.3, -0.25) is 9.59 Å². The van der Waals surface area contributed by atoms with E-state index in [0.29, 0.717) is 18.5 Å². The molecule has 5 aromatic rings. The van der Waals surface area contributed by atoms with Crippen molar-refractivity contribution in [2.45, 2.75) is 18.4 Å². The monoisotopic (exact) mass is 463 g/mol. The van der Waals surface area contributed by atoms with Crippen LogP contribution in [0, 0.1) is 17.1 Å². The van der Waals surface area contributed by atoms with E-state index in [1.807, 2.05) is 48.5 Å². The standard InChI is InChI=1S/C27H18FN5O2/c28-20-9-7-19(8-10-20)27(11-12-27)31-25(34)23-21(14-29)24-26(35)30-22(15-33(24)32-23)18-6-5-16-3-1-2-4-17(16)13-18/h1-10,13,15H,11-12H2,(H,30,35)(H,31,34). The van der Waals surface area contributed by atoms with E-state index in [4.69, 9.17) is 0 Å². The van der Waals surface area contributed by atoms with Gasteiger partial charge in [0.05, 0.1) is 17.4 Å². The molecule has 1 aliphatic carbocycles. The first-order valence-electron chi connectivity index (χ1n) is 11.1. The van der Waals surface area contributed by atoms with Gasteiger partial charge in [0.1, 0.15) is 23.0 Å². The van der Waals surface area contributed by atoms with Crippen LogP contribution in [0.5, 0.6) is 0 Å². The first kappa shape index (κ1) is 20.8. The molecule has 3 aromatic carbocycles. The second-order valence-electron chi connectivity index (χ2n) is 8.73. The molecule has 2 heterocycles. The average molecular weight is 463 g/mol. The molecule has 2 N–H and O–H groups in total. The number of nitrogens with one attached hydrogen (secondary N) is 2. The number of benzene rings is 3. The molecule has 170 valence electrons. The topological polar surface area (TPSA) is 103 Å². The molecule has 1 aliphatic rings. The third kappa shape index (κ3) is 3.45. The summed E-state index contributed by atoms with van der Waals surface area (Å²) in [4.78, 5) is 29.0. The highest BCUT2D eigenvalue weighted by atomic mass is 19.1. The SMILES string of the molecule is N#Cc1c(C(=O)NC2(c3ccc(F)cc3)CC2)nn2cc(-c3ccc4ccccc4c3)[nH]c(=O)c12. The van der Waals surface area contributed by atoms with Crippen LogP contribution in [-0.2, 0) is 5.54 Å². The number of halogens is 1. The molecule has 35 heavy (non-hydrogen) atoms. The molecular weight excluding hydrogens is 445 g/mol. The zero-order valence-electron chi connectivity index (χ0n) is 18.4. The number of nitriles is 1. The molecule has 0 spiro atoms. The Bertz CT molecular complexity index is 1740. The minimum absolute atomic E-state index is 0.00817. The summed E-state index contributed by atoms with van der Waals surface area (Å²) in [5, 5.41) is 19.1. The van der Waals surface area contributed by atoms with E-state index in [-0.39, 0.29) is 22.6 Å². The molecule has 7 nitrogen and oxygen atoms in total. The summed E-state index contributed by atoms with van der Waals surface area (Å²) in [5.41, 5.74) is 0.716. The minimum atomic E-state index is -0.629. The Morgan fingerprint density at radius 3 is 2.54 bits per heavy atom. The Hall–Kier alpha value is -4.77. The average Bonchev–Trinajstić information content (AvgIpc) is 3.54. The van der Waals surface area contributed by atoms with Crippen molar-refractivity contribution >= 4 is 22.2 Å². The molecule has 1 fully saturated rings. The number of amides is 1. The largest absolute Gasteiger partial charge is 0.341 e. The second-order valence-corrected chi connectivity index (χ2v) is 8.73. The van der Waals surface area contributed by atoms with E-state index in [2.05, 4.69) is 15.4 Å². The van der Waals surface area contributed by atoms with E-state index in [9.17, 15) is 19.2 Å². The number of nitrogens with zero attached hydrogens (tertiary/aromatic N) is 3. The molecule has 2 aromatic heterocycles. The summed E-state index contributed by atoms with van der Waals surface area (Å²) >= 11 is 0. The molecule has 0 saturated heterocycles. The van der Waals surface area contributed by atoms with E-state index < -0.39 is 17.0 Å². The third-order valence-corrected chi connectivity index (χ3v) is 6.51. The molecule has 6 rings (SSSR count). The lowest BCUT2D eigenvalue weighted by Crippen LogP contribution is -2.35. The summed E-state index contributed by atoms with van der Waals surface area (Å²) in [7, 11) is 0. The fourth-order valence-electron chi connectivity index (χ4n) is 4.51. The Balaban J connectivity index is 1.40. The van der Waals surface area contributed by atoms with Crippen LogP contribution in [0.3, 0.4) is 0 Å². The van der Waals surface area contributed by atoms with Gasteiger partial charge in [-0.05, 0) is 47.4 Å². The number of aromatic amines is 1. The van der Waals surface area contributed by atoms with Crippen molar-refractivity contribution in [3.05, 3.63) is 106 Å². The van der Waals surface area contributed by atoms with Gasteiger partial charge in [0.15, 0.2) is 5.69 Å². The Morgan fingerprint density at radius 2 is 1.83 bits per heavy atom. The van der Waals surface area contributed by atoms with Crippen molar-refractivity contribution < 1.29 is 9.18 Å². The van der Waals surface area contributed by atoms with E-state index in [1.165, 1.54) is 16.6 Å². The summed E-state index contributed by atoms with van der Waals surface area (Å²) in [5.74, 6) is -0.914. The van der Waals surface area contributed by atoms with Crippen LogP contribution >= 0.6 is 0 Å². The summed E-state index contributed by atoms with van der Waals surface area (Å²) in [6.45, 7) is 0. The molecule has 8 heteroatoms. The fourth-order valence-corrected chi connectivity index (χ4v) is 4.51. The van der Waals surface area contributed by atoms with Gasteiger partial charge in [-0.2, -0.15) is 10.4 Å². The van der Waals surface area contributed by atoms with Crippen LogP contribution in [0.25, 0.3) is 27.5 Å². The number of aromatic nitrogens is 3. The number of fused-ring (bicyclic) bond motifs is 2. The van der Waals surface area contributed by atoms with Crippen molar-refractivity contribution in [1.82, 2.24) is 19.9 Å². The van der Waals surface area contributed by atoms with Crippen LogP contribution in [0.15, 0.2) is 77.7 Å². The smallest absolute Gasteiger partial charge is 0.275 e. The maximum atomic E-state index is 13.3. The van der Waals surface area contributed by atoms with Crippen molar-refractivity contribution in [1.29, 1.82) is 5.26 Å². The van der Waals surface area contributed by atoms with Crippen LogP contribution in [0.2, 0.25) is 0 Å². The highest BCUT2D eigenvalue weighted by Gasteiger charge is 2.46. The number of carbonyl (C=O) groups excluding carboxylic acids is 1. The number of hydrogen-bond acceptors (Lipinski definition) is 4. The van der Waals surface area contributed by atoms with Crippen molar-refractivity contribution in [2.24, 2.45) is 0 Å². The Labute approximate surface area is 198 Å². The van der Waals surface area contributed by atoms with Gasteiger partial charge in [0, 0.05) is 5.56 Å². The maximum absolute atomic E-state index is 13.3. The van der Waals surface area contributed by atoms with Crippen LogP contribution < -0.4 is 10.9 Å². The predicted octanol–water partition coefficient (Wildman–Crippen LogP) is 4.27. The molecular formula is C27H18FN5O2. The van der Waals surface area contributed by atoms with Gasteiger partial charge in [0.2, 0.25) is 0 Å². The van der Waals surface area contributed by atoms with Crippen LogP contribution in [0.1, 0.15) is 34.5 Å². The molecule has 0 aliphatic heterocycles. The molecule has 1 saturated carbocycles.